The summed E-state index contributed by atoms with van der Waals surface area (Å²) in [7, 11) is 0. The number of Topliss-reactive ketones (excluding diaryl/α,β-unsaturated/α-hetero) is 1. The number of hydrogen-bond acceptors (Lipinski definition) is 2. The Hall–Kier alpha value is -2.58. The molecule has 1 aliphatic heterocycles. The predicted molar refractivity (Wildman–Crippen MR) is 126 cm³/mol. The van der Waals surface area contributed by atoms with Gasteiger partial charge in [0.05, 0.1) is 5.38 Å². The van der Waals surface area contributed by atoms with E-state index in [1.807, 2.05) is 42.5 Å². The summed E-state index contributed by atoms with van der Waals surface area (Å²) in [6.07, 6.45) is 4.74. The standard InChI is InChI=1S/C27H28ClNO/c28-25-18-19-29(26(25)13-7-12-21-8-3-1-4-9-21)24-16-14-23(15-17-24)27(30)20-22-10-5-2-6-11-22/h1-6,8-11,14-17,25-26H,7,12-13,18-20H2. The van der Waals surface area contributed by atoms with Crippen LogP contribution in [-0.4, -0.2) is 23.7 Å². The minimum absolute atomic E-state index is 0.156. The number of carbonyl (C=O) groups is 1. The van der Waals surface area contributed by atoms with E-state index in [2.05, 4.69) is 47.4 Å². The van der Waals surface area contributed by atoms with Crippen molar-refractivity contribution in [3.63, 3.8) is 0 Å². The van der Waals surface area contributed by atoms with Gasteiger partial charge in [-0.05, 0) is 61.1 Å². The third kappa shape index (κ3) is 5.12. The molecule has 2 unspecified atom stereocenters. The Morgan fingerprint density at radius 3 is 2.17 bits per heavy atom. The van der Waals surface area contributed by atoms with E-state index >= 15 is 0 Å². The van der Waals surface area contributed by atoms with E-state index in [0.717, 1.165) is 43.4 Å². The number of anilines is 1. The third-order valence-electron chi connectivity index (χ3n) is 6.00. The molecule has 3 aromatic rings. The molecule has 1 fully saturated rings. The van der Waals surface area contributed by atoms with Gasteiger partial charge < -0.3 is 4.90 Å². The highest BCUT2D eigenvalue weighted by atomic mass is 35.5. The van der Waals surface area contributed by atoms with Gasteiger partial charge in [-0.2, -0.15) is 0 Å². The molecular formula is C27H28ClNO. The Labute approximate surface area is 184 Å². The molecule has 0 aliphatic carbocycles. The molecule has 3 aromatic carbocycles. The monoisotopic (exact) mass is 417 g/mol. The molecule has 3 heteroatoms. The lowest BCUT2D eigenvalue weighted by atomic mass is 10.0. The number of rotatable bonds is 8. The van der Waals surface area contributed by atoms with E-state index in [4.69, 9.17) is 11.6 Å². The van der Waals surface area contributed by atoms with Gasteiger partial charge in [0, 0.05) is 30.3 Å². The Morgan fingerprint density at radius 2 is 1.50 bits per heavy atom. The number of halogens is 1. The van der Waals surface area contributed by atoms with Gasteiger partial charge >= 0.3 is 0 Å². The zero-order valence-electron chi connectivity index (χ0n) is 17.2. The maximum atomic E-state index is 12.6. The van der Waals surface area contributed by atoms with Crippen LogP contribution in [0.1, 0.15) is 40.7 Å². The lowest BCUT2D eigenvalue weighted by Crippen LogP contribution is -2.33. The van der Waals surface area contributed by atoms with Crippen LogP contribution in [0.5, 0.6) is 0 Å². The van der Waals surface area contributed by atoms with E-state index in [9.17, 15) is 4.79 Å². The molecule has 4 rings (SSSR count). The normalized spacial score (nSPS) is 18.5. The lowest BCUT2D eigenvalue weighted by Gasteiger charge is -2.28. The second kappa shape index (κ2) is 9.95. The molecule has 1 heterocycles. The first-order valence-electron chi connectivity index (χ1n) is 10.8. The molecule has 2 nitrogen and oxygen atoms in total. The van der Waals surface area contributed by atoms with Gasteiger partial charge in [0.15, 0.2) is 5.78 Å². The second-order valence-corrected chi connectivity index (χ2v) is 8.64. The smallest absolute Gasteiger partial charge is 0.167 e. The van der Waals surface area contributed by atoms with Crippen molar-refractivity contribution in [3.05, 3.63) is 102 Å². The molecule has 0 bridgehead atoms. The molecule has 0 radical (unpaired) electrons. The van der Waals surface area contributed by atoms with Crippen LogP contribution in [0.2, 0.25) is 0 Å². The van der Waals surface area contributed by atoms with E-state index in [-0.39, 0.29) is 11.2 Å². The first-order chi connectivity index (χ1) is 14.7. The van der Waals surface area contributed by atoms with Crippen molar-refractivity contribution in [1.29, 1.82) is 0 Å². The topological polar surface area (TPSA) is 20.3 Å². The van der Waals surface area contributed by atoms with Crippen LogP contribution in [0.3, 0.4) is 0 Å². The van der Waals surface area contributed by atoms with Gasteiger partial charge in [-0.25, -0.2) is 0 Å². The summed E-state index contributed by atoms with van der Waals surface area (Å²) in [5, 5.41) is 0.181. The van der Waals surface area contributed by atoms with Gasteiger partial charge in [-0.1, -0.05) is 60.7 Å². The Kier molecular flexibility index (Phi) is 6.86. The van der Waals surface area contributed by atoms with E-state index in [1.54, 1.807) is 0 Å². The summed E-state index contributed by atoms with van der Waals surface area (Å²) in [4.78, 5) is 15.0. The maximum absolute atomic E-state index is 12.6. The molecule has 0 aromatic heterocycles. The van der Waals surface area contributed by atoms with Crippen LogP contribution >= 0.6 is 11.6 Å². The highest BCUT2D eigenvalue weighted by Crippen LogP contribution is 2.32. The van der Waals surface area contributed by atoms with Gasteiger partial charge in [-0.15, -0.1) is 11.6 Å². The van der Waals surface area contributed by atoms with Crippen LogP contribution in [0, 0.1) is 0 Å². The number of benzene rings is 3. The number of aryl methyl sites for hydroxylation is 1. The zero-order valence-corrected chi connectivity index (χ0v) is 18.0. The Balaban J connectivity index is 1.37. The van der Waals surface area contributed by atoms with Crippen molar-refractivity contribution in [1.82, 2.24) is 0 Å². The van der Waals surface area contributed by atoms with Crippen LogP contribution < -0.4 is 4.90 Å². The van der Waals surface area contributed by atoms with Crippen molar-refractivity contribution < 1.29 is 4.79 Å². The highest BCUT2D eigenvalue weighted by molar-refractivity contribution is 6.21. The van der Waals surface area contributed by atoms with Gasteiger partial charge in [0.1, 0.15) is 0 Å². The average Bonchev–Trinajstić information content (AvgIpc) is 3.16. The first-order valence-corrected chi connectivity index (χ1v) is 11.3. The maximum Gasteiger partial charge on any atom is 0.167 e. The minimum Gasteiger partial charge on any atom is -0.367 e. The van der Waals surface area contributed by atoms with Crippen LogP contribution in [0.4, 0.5) is 5.69 Å². The highest BCUT2D eigenvalue weighted by Gasteiger charge is 2.32. The SMILES string of the molecule is O=C(Cc1ccccc1)c1ccc(N2CCC(Cl)C2CCCc2ccccc2)cc1. The predicted octanol–water partition coefficient (Wildman–Crippen LogP) is 6.32. The van der Waals surface area contributed by atoms with E-state index in [0.29, 0.717) is 12.5 Å². The number of nitrogens with zero attached hydrogens (tertiary/aromatic N) is 1. The fourth-order valence-corrected chi connectivity index (χ4v) is 4.71. The van der Waals surface area contributed by atoms with E-state index < -0.39 is 0 Å². The number of ketones is 1. The average molecular weight is 418 g/mol. The van der Waals surface area contributed by atoms with Gasteiger partial charge in [0.2, 0.25) is 0 Å². The van der Waals surface area contributed by atoms with Crippen LogP contribution in [0.15, 0.2) is 84.9 Å². The first kappa shape index (κ1) is 20.7. The summed E-state index contributed by atoms with van der Waals surface area (Å²) in [5.41, 5.74) is 4.37. The van der Waals surface area contributed by atoms with Gasteiger partial charge in [0.25, 0.3) is 0 Å². The molecular weight excluding hydrogens is 390 g/mol. The lowest BCUT2D eigenvalue weighted by molar-refractivity contribution is 0.0993. The third-order valence-corrected chi connectivity index (χ3v) is 6.51. The summed E-state index contributed by atoms with van der Waals surface area (Å²) in [5.74, 6) is 0.156. The summed E-state index contributed by atoms with van der Waals surface area (Å²) >= 11 is 6.68. The van der Waals surface area contributed by atoms with Crippen molar-refractivity contribution in [2.75, 3.05) is 11.4 Å². The van der Waals surface area contributed by atoms with Crippen LogP contribution in [0.25, 0.3) is 0 Å². The van der Waals surface area contributed by atoms with Gasteiger partial charge in [-0.3, -0.25) is 4.79 Å². The Bertz CT molecular complexity index is 940. The quantitative estimate of drug-likeness (QED) is 0.315. The summed E-state index contributed by atoms with van der Waals surface area (Å²) in [6, 6.07) is 29.0. The summed E-state index contributed by atoms with van der Waals surface area (Å²) in [6.45, 7) is 0.974. The molecule has 0 amide bonds. The molecule has 0 saturated carbocycles. The van der Waals surface area contributed by atoms with Crippen molar-refractivity contribution in [2.45, 2.75) is 43.5 Å². The van der Waals surface area contributed by atoms with Crippen molar-refractivity contribution >= 4 is 23.1 Å². The fourth-order valence-electron chi connectivity index (χ4n) is 4.36. The molecule has 30 heavy (non-hydrogen) atoms. The van der Waals surface area contributed by atoms with E-state index in [1.165, 1.54) is 11.3 Å². The zero-order chi connectivity index (χ0) is 20.8. The Morgan fingerprint density at radius 1 is 0.867 bits per heavy atom. The minimum atomic E-state index is 0.156. The van der Waals surface area contributed by atoms with Crippen molar-refractivity contribution in [3.8, 4) is 0 Å². The molecule has 1 saturated heterocycles. The molecule has 1 aliphatic rings. The fraction of sp³-hybridized carbons (Fsp3) is 0.296. The van der Waals surface area contributed by atoms with Crippen molar-refractivity contribution in [2.24, 2.45) is 0 Å². The molecule has 154 valence electrons. The number of hydrogen-bond donors (Lipinski definition) is 0. The molecule has 2 atom stereocenters. The molecule has 0 N–H and O–H groups in total. The second-order valence-electron chi connectivity index (χ2n) is 8.08. The summed E-state index contributed by atoms with van der Waals surface area (Å²) < 4.78 is 0. The number of carbonyl (C=O) groups excluding carboxylic acids is 1. The van der Waals surface area contributed by atoms with Crippen LogP contribution in [-0.2, 0) is 12.8 Å². The number of alkyl halides is 1. The largest absolute Gasteiger partial charge is 0.367 e. The molecule has 0 spiro atoms.